The number of halogens is 2. The maximum Gasteiger partial charge on any atom is 0.337 e. The molecule has 1 aliphatic rings. The molecule has 0 unspecified atom stereocenters. The summed E-state index contributed by atoms with van der Waals surface area (Å²) in [5.74, 6) is -0.525. The summed E-state index contributed by atoms with van der Waals surface area (Å²) in [5, 5.41) is 6.63. The van der Waals surface area contributed by atoms with Crippen molar-refractivity contribution in [3.63, 3.8) is 0 Å². The Morgan fingerprint density at radius 3 is 2.47 bits per heavy atom. The van der Waals surface area contributed by atoms with Gasteiger partial charge in [0.05, 0.1) is 29.1 Å². The molecule has 1 aromatic heterocycles. The van der Waals surface area contributed by atoms with Crippen LogP contribution >= 0.6 is 35.4 Å². The number of rotatable bonds is 5. The van der Waals surface area contributed by atoms with Gasteiger partial charge < -0.3 is 24.3 Å². The number of thiocarbonyl (C=S) groups is 1. The van der Waals surface area contributed by atoms with Crippen LogP contribution in [0.4, 0.5) is 11.4 Å². The minimum Gasteiger partial charge on any atom is -0.465 e. The molecule has 0 bridgehead atoms. The monoisotopic (exact) mass is 546 g/mol. The van der Waals surface area contributed by atoms with Crippen molar-refractivity contribution in [1.82, 2.24) is 10.2 Å². The highest BCUT2D eigenvalue weighted by Crippen LogP contribution is 2.32. The van der Waals surface area contributed by atoms with E-state index >= 15 is 0 Å². The summed E-state index contributed by atoms with van der Waals surface area (Å²) in [7, 11) is 3.39. The normalized spacial score (nSPS) is 13.8. The Labute approximate surface area is 224 Å². The van der Waals surface area contributed by atoms with Gasteiger partial charge in [0.25, 0.3) is 5.91 Å². The molecular weight excluding hydrogens is 523 g/mol. The zero-order valence-corrected chi connectivity index (χ0v) is 22.0. The molecule has 0 aliphatic carbocycles. The predicted octanol–water partition coefficient (Wildman–Crippen LogP) is 4.92. The van der Waals surface area contributed by atoms with Gasteiger partial charge in [0.2, 0.25) is 0 Å². The number of nitrogens with zero attached hydrogens (tertiary/aromatic N) is 2. The number of carbonyl (C=O) groups is 2. The van der Waals surface area contributed by atoms with E-state index in [9.17, 15) is 9.59 Å². The number of furan rings is 1. The van der Waals surface area contributed by atoms with Gasteiger partial charge >= 0.3 is 5.97 Å². The molecular formula is C25H24Cl2N4O4S. The molecule has 1 fully saturated rings. The Morgan fingerprint density at radius 1 is 1.03 bits per heavy atom. The molecule has 2 aromatic carbocycles. The van der Waals surface area contributed by atoms with Gasteiger partial charge in [0, 0.05) is 36.8 Å². The van der Waals surface area contributed by atoms with E-state index in [0.717, 1.165) is 31.9 Å². The highest BCUT2D eigenvalue weighted by atomic mass is 35.5. The predicted molar refractivity (Wildman–Crippen MR) is 145 cm³/mol. The molecule has 1 amide bonds. The molecule has 1 saturated heterocycles. The van der Waals surface area contributed by atoms with Crippen LogP contribution in [0.3, 0.4) is 0 Å². The Bertz CT molecular complexity index is 1300. The Morgan fingerprint density at radius 2 is 1.78 bits per heavy atom. The van der Waals surface area contributed by atoms with E-state index in [0.29, 0.717) is 32.6 Å². The number of carbonyl (C=O) groups excluding carboxylic acids is 2. The molecule has 0 spiro atoms. The van der Waals surface area contributed by atoms with Crippen LogP contribution in [0.2, 0.25) is 10.0 Å². The molecule has 4 rings (SSSR count). The standard InChI is InChI=1S/C25H24Cl2N4O4S/c1-30-9-11-31(12-10-30)20-6-3-15(24(33)34-2)13-19(20)28-25(36)29-23(32)22-8-7-21(35-22)17-5-4-16(26)14-18(17)27/h3-8,13-14H,9-12H2,1-2H3,(H2,28,29,32,36). The first-order valence-corrected chi connectivity index (χ1v) is 12.2. The molecule has 0 radical (unpaired) electrons. The van der Waals surface area contributed by atoms with Crippen LogP contribution in [0.5, 0.6) is 0 Å². The minimum absolute atomic E-state index is 0.0554. The van der Waals surface area contributed by atoms with E-state index in [4.69, 9.17) is 44.6 Å². The summed E-state index contributed by atoms with van der Waals surface area (Å²) in [6.07, 6.45) is 0. The fraction of sp³-hybridized carbons (Fsp3) is 0.240. The second kappa shape index (κ2) is 11.3. The maximum absolute atomic E-state index is 12.8. The highest BCUT2D eigenvalue weighted by molar-refractivity contribution is 7.80. The first-order valence-electron chi connectivity index (χ1n) is 11.1. The fourth-order valence-electron chi connectivity index (χ4n) is 3.82. The first-order chi connectivity index (χ1) is 17.2. The van der Waals surface area contributed by atoms with Crippen LogP contribution in [-0.4, -0.2) is 62.2 Å². The molecule has 0 atom stereocenters. The van der Waals surface area contributed by atoms with E-state index in [1.165, 1.54) is 13.2 Å². The van der Waals surface area contributed by atoms with Crippen molar-refractivity contribution in [3.05, 3.63) is 69.9 Å². The van der Waals surface area contributed by atoms with Crippen molar-refractivity contribution < 1.29 is 18.7 Å². The maximum atomic E-state index is 12.8. The summed E-state index contributed by atoms with van der Waals surface area (Å²) >= 11 is 17.6. The lowest BCUT2D eigenvalue weighted by molar-refractivity contribution is 0.0600. The number of methoxy groups -OCH3 is 1. The van der Waals surface area contributed by atoms with Gasteiger partial charge in [-0.15, -0.1) is 0 Å². The van der Waals surface area contributed by atoms with Crippen molar-refractivity contribution >= 4 is 63.8 Å². The van der Waals surface area contributed by atoms with Gasteiger partial charge in [-0.3, -0.25) is 10.1 Å². The fourth-order valence-corrected chi connectivity index (χ4v) is 4.52. The van der Waals surface area contributed by atoms with Gasteiger partial charge in [-0.05, 0) is 67.8 Å². The molecule has 2 N–H and O–H groups in total. The Kier molecular flexibility index (Phi) is 8.15. The van der Waals surface area contributed by atoms with E-state index in [1.807, 2.05) is 6.07 Å². The zero-order valence-electron chi connectivity index (χ0n) is 19.6. The largest absolute Gasteiger partial charge is 0.465 e. The lowest BCUT2D eigenvalue weighted by atomic mass is 10.1. The minimum atomic E-state index is -0.533. The van der Waals surface area contributed by atoms with Crippen LogP contribution in [0.25, 0.3) is 11.3 Å². The van der Waals surface area contributed by atoms with E-state index < -0.39 is 11.9 Å². The Balaban J connectivity index is 1.50. The van der Waals surface area contributed by atoms with Gasteiger partial charge in [0.15, 0.2) is 10.9 Å². The van der Waals surface area contributed by atoms with Crippen LogP contribution in [0.1, 0.15) is 20.9 Å². The van der Waals surface area contributed by atoms with E-state index in [1.54, 1.807) is 36.4 Å². The number of hydrogen-bond donors (Lipinski definition) is 2. The third-order valence-electron chi connectivity index (χ3n) is 5.76. The number of nitrogens with one attached hydrogen (secondary N) is 2. The van der Waals surface area contributed by atoms with Crippen molar-refractivity contribution in [2.45, 2.75) is 0 Å². The molecule has 11 heteroatoms. The third kappa shape index (κ3) is 5.99. The molecule has 188 valence electrons. The number of anilines is 2. The van der Waals surface area contributed by atoms with Crippen LogP contribution in [0, 0.1) is 0 Å². The number of hydrogen-bond acceptors (Lipinski definition) is 7. The number of amides is 1. The van der Waals surface area contributed by atoms with Crippen molar-refractivity contribution in [1.29, 1.82) is 0 Å². The van der Waals surface area contributed by atoms with Crippen molar-refractivity contribution in [2.24, 2.45) is 0 Å². The summed E-state index contributed by atoms with van der Waals surface area (Å²) < 4.78 is 10.5. The average molecular weight is 547 g/mol. The average Bonchev–Trinajstić information content (AvgIpc) is 3.34. The number of benzene rings is 2. The smallest absolute Gasteiger partial charge is 0.337 e. The molecule has 36 heavy (non-hydrogen) atoms. The summed E-state index contributed by atoms with van der Waals surface area (Å²) in [4.78, 5) is 29.3. The quantitative estimate of drug-likeness (QED) is 0.344. The molecule has 8 nitrogen and oxygen atoms in total. The zero-order chi connectivity index (χ0) is 25.8. The van der Waals surface area contributed by atoms with E-state index in [-0.39, 0.29) is 10.9 Å². The lowest BCUT2D eigenvalue weighted by Gasteiger charge is -2.35. The first kappa shape index (κ1) is 26.0. The van der Waals surface area contributed by atoms with Crippen molar-refractivity contribution in [2.75, 3.05) is 50.6 Å². The SMILES string of the molecule is COC(=O)c1ccc(N2CCN(C)CC2)c(NC(=S)NC(=O)c2ccc(-c3ccc(Cl)cc3Cl)o2)c1. The Hall–Kier alpha value is -3.11. The topological polar surface area (TPSA) is 87.0 Å². The summed E-state index contributed by atoms with van der Waals surface area (Å²) in [6.45, 7) is 3.42. The second-order valence-electron chi connectivity index (χ2n) is 8.21. The molecule has 3 aromatic rings. The number of esters is 1. The number of piperazine rings is 1. The van der Waals surface area contributed by atoms with Crippen molar-refractivity contribution in [3.8, 4) is 11.3 Å². The number of likely N-dealkylation sites (N-methyl/N-ethyl adjacent to an activating group) is 1. The lowest BCUT2D eigenvalue weighted by Crippen LogP contribution is -2.45. The molecule has 2 heterocycles. The highest BCUT2D eigenvalue weighted by Gasteiger charge is 2.21. The number of ether oxygens (including phenoxy) is 1. The van der Waals surface area contributed by atoms with Crippen LogP contribution in [-0.2, 0) is 4.74 Å². The second-order valence-corrected chi connectivity index (χ2v) is 9.46. The molecule has 0 saturated carbocycles. The van der Waals surface area contributed by atoms with Crippen LogP contribution < -0.4 is 15.5 Å². The van der Waals surface area contributed by atoms with Gasteiger partial charge in [-0.1, -0.05) is 23.2 Å². The third-order valence-corrected chi connectivity index (χ3v) is 6.52. The summed E-state index contributed by atoms with van der Waals surface area (Å²) in [5.41, 5.74) is 2.42. The van der Waals surface area contributed by atoms with Gasteiger partial charge in [-0.2, -0.15) is 0 Å². The van der Waals surface area contributed by atoms with Gasteiger partial charge in [0.1, 0.15) is 5.76 Å². The van der Waals surface area contributed by atoms with E-state index in [2.05, 4.69) is 27.5 Å². The van der Waals surface area contributed by atoms with Gasteiger partial charge in [-0.25, -0.2) is 4.79 Å². The molecule has 1 aliphatic heterocycles. The summed E-state index contributed by atoms with van der Waals surface area (Å²) in [6, 6.07) is 13.4. The van der Waals surface area contributed by atoms with Crippen LogP contribution in [0.15, 0.2) is 52.9 Å².